The second-order valence-electron chi connectivity index (χ2n) is 20.9. The van der Waals surface area contributed by atoms with Gasteiger partial charge in [0.2, 0.25) is 11.8 Å². The number of aliphatic hydroxyl groups excluding tert-OH is 1. The van der Waals surface area contributed by atoms with Gasteiger partial charge in [-0.1, -0.05) is 20.8 Å². The van der Waals surface area contributed by atoms with Crippen LogP contribution in [0.3, 0.4) is 0 Å². The number of aliphatic hydroxyl groups is 1. The van der Waals surface area contributed by atoms with Crippen LogP contribution < -0.4 is 32.4 Å². The first-order chi connectivity index (χ1) is 36.5. The summed E-state index contributed by atoms with van der Waals surface area (Å²) < 4.78 is 14.6. The number of aromatic nitrogens is 8. The van der Waals surface area contributed by atoms with Gasteiger partial charge in [0.15, 0.2) is 31.6 Å². The van der Waals surface area contributed by atoms with E-state index in [1.54, 1.807) is 52.3 Å². The minimum absolute atomic E-state index is 0. The highest BCUT2D eigenvalue weighted by molar-refractivity contribution is 6.74. The van der Waals surface area contributed by atoms with E-state index in [0.29, 0.717) is 107 Å². The summed E-state index contributed by atoms with van der Waals surface area (Å²) in [6.07, 6.45) is 17.9. The lowest BCUT2D eigenvalue weighted by molar-refractivity contribution is -0.123. The lowest BCUT2D eigenvalue weighted by atomic mass is 9.96. The maximum atomic E-state index is 13.7. The first-order valence-electron chi connectivity index (χ1n) is 26.4. The Kier molecular flexibility index (Phi) is 21.7. The summed E-state index contributed by atoms with van der Waals surface area (Å²) in [5, 5.41) is 9.40. The molecule has 0 saturated carbocycles. The average Bonchev–Trinajstić information content (AvgIpc) is 4.04. The smallest absolute Gasteiger partial charge is 0.298 e. The molecule has 3 fully saturated rings. The van der Waals surface area contributed by atoms with Crippen molar-refractivity contribution in [1.29, 1.82) is 0 Å². The number of carbonyl (C=O) groups is 2. The van der Waals surface area contributed by atoms with Gasteiger partial charge in [0.25, 0.3) is 11.1 Å². The Morgan fingerprint density at radius 3 is 1.39 bits per heavy atom. The summed E-state index contributed by atoms with van der Waals surface area (Å²) in [5.41, 5.74) is 15.3. The Hall–Kier alpha value is -6.71. The van der Waals surface area contributed by atoms with Crippen LogP contribution in [0.4, 0.5) is 11.6 Å². The molecule has 2 amide bonds. The molecule has 412 valence electrons. The van der Waals surface area contributed by atoms with E-state index in [2.05, 4.69) is 58.8 Å². The highest BCUT2D eigenvalue weighted by atomic mass is 35.5. The van der Waals surface area contributed by atoms with E-state index in [1.807, 2.05) is 64.5 Å². The standard InChI is InChI=1S/C29H40N6O3Si.C23H26N6O3.C4H8O.ClH/c1-29(2,3)39(4,5)38-19-6-8-23-20-35(24-11-9-22(10-12-24)26-31-15-7-16-32-26)28(37)27(33-23)34-17-13-21(14-18-34)25(30)36;24-20(31)16-8-12-28(13-9-16)22-23(32)29(15-18(27-22)3-1-14-30)19-6-4-17(5-7-19)21-25-10-2-11-26-21;1-2-4-5-3-1;/h7,9-12,15-16,20-21H,6,8,13-14,17-19H2,1-5H3,(H2,30,36);2,4-7,10-11,15-16,30H,1,3,8-9,12-14H2,(H2,24,31);1-4H2;1H. The summed E-state index contributed by atoms with van der Waals surface area (Å²) in [6.45, 7) is 16.1. The Balaban J connectivity index is 0.000000229. The van der Waals surface area contributed by atoms with Crippen LogP contribution in [0, 0.1) is 11.8 Å². The molecule has 3 aliphatic heterocycles. The Labute approximate surface area is 458 Å². The number of hydrogen-bond acceptors (Lipinski definition) is 15. The molecule has 0 radical (unpaired) electrons. The maximum absolute atomic E-state index is 13.7. The van der Waals surface area contributed by atoms with E-state index < -0.39 is 8.32 Å². The van der Waals surface area contributed by atoms with Gasteiger partial charge in [-0.05, 0) is 143 Å². The predicted molar refractivity (Wildman–Crippen MR) is 304 cm³/mol. The molecule has 77 heavy (non-hydrogen) atoms. The summed E-state index contributed by atoms with van der Waals surface area (Å²) >= 11 is 0. The predicted octanol–water partition coefficient (Wildman–Crippen LogP) is 6.88. The molecule has 0 bridgehead atoms. The largest absolute Gasteiger partial charge is 0.417 e. The van der Waals surface area contributed by atoms with Crippen molar-refractivity contribution in [3.8, 4) is 34.2 Å². The van der Waals surface area contributed by atoms with Crippen LogP contribution in [-0.2, 0) is 31.6 Å². The quantitative estimate of drug-likeness (QED) is 0.0660. The molecule has 0 spiro atoms. The maximum Gasteiger partial charge on any atom is 0.298 e. The first-order valence-corrected chi connectivity index (χ1v) is 29.4. The average molecular weight is 1090 g/mol. The third kappa shape index (κ3) is 16.2. The highest BCUT2D eigenvalue weighted by Gasteiger charge is 2.37. The van der Waals surface area contributed by atoms with Gasteiger partial charge >= 0.3 is 0 Å². The minimum Gasteiger partial charge on any atom is -0.417 e. The van der Waals surface area contributed by atoms with Crippen molar-refractivity contribution in [2.75, 3.05) is 62.4 Å². The molecule has 9 rings (SSSR count). The highest BCUT2D eigenvalue weighted by Crippen LogP contribution is 2.36. The number of ether oxygens (including phenoxy) is 1. The van der Waals surface area contributed by atoms with Crippen molar-refractivity contribution >= 4 is 44.2 Å². The molecule has 0 unspecified atom stereocenters. The van der Waals surface area contributed by atoms with E-state index >= 15 is 0 Å². The lowest BCUT2D eigenvalue weighted by Gasteiger charge is -2.36. The lowest BCUT2D eigenvalue weighted by Crippen LogP contribution is -2.42. The number of hydrogen-bond donors (Lipinski definition) is 3. The SMILES string of the molecule is C1CCOC1.CC(C)(C)[Si](C)(C)OCCCc1cn(-c2ccc(-c3ncccn3)cc2)c(=O)c(N2CCC(C(N)=O)CC2)n1.Cl.NC(=O)C1CCN(c2nc(CCCO)cn(-c3ccc(-c4ncccn4)cc3)c2=O)CC1. The van der Waals surface area contributed by atoms with Crippen LogP contribution in [0.2, 0.25) is 18.1 Å². The molecule has 3 saturated heterocycles. The van der Waals surface area contributed by atoms with Gasteiger partial charge in [0.1, 0.15) is 0 Å². The van der Waals surface area contributed by atoms with Crippen molar-refractivity contribution in [2.24, 2.45) is 23.3 Å². The molecular formula is C56H75ClN12O7Si. The molecule has 2 aromatic carbocycles. The normalized spacial score (nSPS) is 15.1. The van der Waals surface area contributed by atoms with Crippen LogP contribution in [0.5, 0.6) is 0 Å². The van der Waals surface area contributed by atoms with Crippen molar-refractivity contribution < 1.29 is 23.9 Å². The van der Waals surface area contributed by atoms with Crippen LogP contribution in [0.1, 0.15) is 83.5 Å². The molecule has 19 nitrogen and oxygen atoms in total. The number of nitrogens with two attached hydrogens (primary N) is 2. The number of benzene rings is 2. The fraction of sp³-hybridized carbons (Fsp3) is 0.464. The van der Waals surface area contributed by atoms with Crippen LogP contribution in [0.15, 0.2) is 107 Å². The van der Waals surface area contributed by atoms with Gasteiger partial charge in [-0.15, -0.1) is 12.4 Å². The number of piperidine rings is 2. The number of rotatable bonds is 16. The number of anilines is 2. The molecule has 7 heterocycles. The van der Waals surface area contributed by atoms with E-state index in [0.717, 1.165) is 47.8 Å². The van der Waals surface area contributed by atoms with Crippen LogP contribution >= 0.6 is 12.4 Å². The fourth-order valence-electron chi connectivity index (χ4n) is 8.85. The second-order valence-corrected chi connectivity index (χ2v) is 25.7. The fourth-order valence-corrected chi connectivity index (χ4v) is 9.94. The number of nitrogens with zero attached hydrogens (tertiary/aromatic N) is 10. The van der Waals surface area contributed by atoms with Gasteiger partial charge < -0.3 is 35.5 Å². The number of carbonyl (C=O) groups excluding carboxylic acids is 2. The minimum atomic E-state index is -1.83. The summed E-state index contributed by atoms with van der Waals surface area (Å²) in [7, 11) is -1.83. The molecule has 5 N–H and O–H groups in total. The van der Waals surface area contributed by atoms with Crippen molar-refractivity contribution in [1.82, 2.24) is 39.0 Å². The third-order valence-corrected chi connectivity index (χ3v) is 19.0. The molecule has 6 aromatic rings. The van der Waals surface area contributed by atoms with Gasteiger partial charge in [-0.25, -0.2) is 29.9 Å². The van der Waals surface area contributed by atoms with Gasteiger partial charge in [-0.2, -0.15) is 0 Å². The Bertz CT molecular complexity index is 2930. The van der Waals surface area contributed by atoms with Crippen LogP contribution in [-0.4, -0.2) is 117 Å². The third-order valence-electron chi connectivity index (χ3n) is 14.5. The monoisotopic (exact) mass is 1090 g/mol. The van der Waals surface area contributed by atoms with Crippen molar-refractivity contribution in [3.05, 3.63) is 130 Å². The number of amides is 2. The summed E-state index contributed by atoms with van der Waals surface area (Å²) in [5.74, 6) is 1.11. The van der Waals surface area contributed by atoms with Crippen molar-refractivity contribution in [3.63, 3.8) is 0 Å². The van der Waals surface area contributed by atoms with E-state index in [9.17, 15) is 24.3 Å². The van der Waals surface area contributed by atoms with Crippen LogP contribution in [0.25, 0.3) is 34.2 Å². The zero-order valence-corrected chi connectivity index (χ0v) is 46.9. The molecular weight excluding hydrogens is 1020 g/mol. The van der Waals surface area contributed by atoms with Gasteiger partial charge in [-0.3, -0.25) is 28.3 Å². The Morgan fingerprint density at radius 2 is 1.05 bits per heavy atom. The first kappa shape index (κ1) is 59.5. The molecule has 21 heteroatoms. The topological polar surface area (TPSA) is 253 Å². The number of aryl methyl sites for hydroxylation is 2. The van der Waals surface area contributed by atoms with E-state index in [-0.39, 0.29) is 58.8 Å². The molecule has 0 aliphatic carbocycles. The van der Waals surface area contributed by atoms with Crippen molar-refractivity contribution in [2.45, 2.75) is 103 Å². The Morgan fingerprint density at radius 1 is 0.662 bits per heavy atom. The van der Waals surface area contributed by atoms with Gasteiger partial charge in [0.05, 0.1) is 11.4 Å². The zero-order valence-electron chi connectivity index (χ0n) is 45.1. The number of halogens is 1. The molecule has 4 aromatic heterocycles. The van der Waals surface area contributed by atoms with E-state index in [4.69, 9.17) is 25.6 Å². The molecule has 0 atom stereocenters. The zero-order chi connectivity index (χ0) is 54.2. The van der Waals surface area contributed by atoms with E-state index in [1.165, 1.54) is 12.8 Å². The number of primary amides is 2. The molecule has 3 aliphatic rings. The second kappa shape index (κ2) is 28.1. The van der Waals surface area contributed by atoms with Gasteiger partial charge in [0, 0.05) is 124 Å². The summed E-state index contributed by atoms with van der Waals surface area (Å²) in [6, 6.07) is 18.6. The summed E-state index contributed by atoms with van der Waals surface area (Å²) in [4.78, 5) is 80.7.